The molecule has 8 heteroatoms. The van der Waals surface area contributed by atoms with Crippen molar-refractivity contribution in [3.8, 4) is 11.8 Å². The number of methoxy groups -OCH3 is 1. The molecule has 168 valence electrons. The van der Waals surface area contributed by atoms with Crippen LogP contribution in [0.1, 0.15) is 30.9 Å². The lowest BCUT2D eigenvalue weighted by Crippen LogP contribution is -2.32. The number of esters is 2. The van der Waals surface area contributed by atoms with Crippen LogP contribution < -0.4 is 5.32 Å². The standard InChI is InChI=1S/C25H22N2O6/c1-16-21(24(28)32-3)23(19-12-7-13-20(15-19)27(30)31)22(17(2)26-16)25(29)33-14-8-11-18-9-5-4-6-10-18/h4-7,9-10,12-13,15,23,26H,14H2,1-3H3. The van der Waals surface area contributed by atoms with Crippen molar-refractivity contribution in [2.45, 2.75) is 19.8 Å². The first-order valence-electron chi connectivity index (χ1n) is 10.1. The number of nitro groups is 1. The number of hydrogen-bond acceptors (Lipinski definition) is 7. The maximum absolute atomic E-state index is 13.1. The fourth-order valence-electron chi connectivity index (χ4n) is 3.64. The zero-order valence-corrected chi connectivity index (χ0v) is 18.4. The number of nitro benzene ring substituents is 1. The molecule has 1 unspecified atom stereocenters. The van der Waals surface area contributed by atoms with Crippen LogP contribution in [0.25, 0.3) is 0 Å². The van der Waals surface area contributed by atoms with E-state index >= 15 is 0 Å². The van der Waals surface area contributed by atoms with Crippen molar-refractivity contribution in [2.75, 3.05) is 13.7 Å². The first-order valence-corrected chi connectivity index (χ1v) is 10.1. The molecule has 0 aliphatic carbocycles. The molecule has 0 amide bonds. The number of nitrogens with one attached hydrogen (secondary N) is 1. The van der Waals surface area contributed by atoms with Crippen LogP contribution in [-0.4, -0.2) is 30.6 Å². The van der Waals surface area contributed by atoms with Gasteiger partial charge in [-0.05, 0) is 31.5 Å². The van der Waals surface area contributed by atoms with Crippen LogP contribution in [0.3, 0.4) is 0 Å². The van der Waals surface area contributed by atoms with Gasteiger partial charge in [0.05, 0.1) is 29.1 Å². The first kappa shape index (κ1) is 23.3. The Morgan fingerprint density at radius 2 is 1.70 bits per heavy atom. The lowest BCUT2D eigenvalue weighted by molar-refractivity contribution is -0.384. The van der Waals surface area contributed by atoms with Crippen molar-refractivity contribution in [3.05, 3.63) is 98.4 Å². The lowest BCUT2D eigenvalue weighted by atomic mass is 9.80. The highest BCUT2D eigenvalue weighted by Crippen LogP contribution is 2.40. The number of rotatable bonds is 5. The molecular weight excluding hydrogens is 424 g/mol. The molecule has 1 aliphatic heterocycles. The van der Waals surface area contributed by atoms with Gasteiger partial charge >= 0.3 is 11.9 Å². The van der Waals surface area contributed by atoms with Crippen LogP contribution in [0.2, 0.25) is 0 Å². The number of dihydropyridines is 1. The van der Waals surface area contributed by atoms with Crippen molar-refractivity contribution in [1.29, 1.82) is 0 Å². The van der Waals surface area contributed by atoms with Gasteiger partial charge in [0.25, 0.3) is 5.69 Å². The van der Waals surface area contributed by atoms with Gasteiger partial charge in [0.1, 0.15) is 0 Å². The molecule has 0 aromatic heterocycles. The first-order chi connectivity index (χ1) is 15.8. The fraction of sp³-hybridized carbons (Fsp3) is 0.200. The van der Waals surface area contributed by atoms with Gasteiger partial charge < -0.3 is 14.8 Å². The molecule has 2 aromatic rings. The molecule has 0 saturated carbocycles. The van der Waals surface area contributed by atoms with Gasteiger partial charge in [0.15, 0.2) is 6.61 Å². The van der Waals surface area contributed by atoms with Gasteiger partial charge in [-0.25, -0.2) is 9.59 Å². The Kier molecular flexibility index (Phi) is 7.26. The van der Waals surface area contributed by atoms with E-state index in [1.54, 1.807) is 19.9 Å². The third-order valence-electron chi connectivity index (χ3n) is 5.08. The van der Waals surface area contributed by atoms with E-state index in [2.05, 4.69) is 17.2 Å². The van der Waals surface area contributed by atoms with Gasteiger partial charge in [-0.3, -0.25) is 10.1 Å². The van der Waals surface area contributed by atoms with E-state index in [0.717, 1.165) is 5.56 Å². The summed E-state index contributed by atoms with van der Waals surface area (Å²) in [7, 11) is 1.23. The summed E-state index contributed by atoms with van der Waals surface area (Å²) >= 11 is 0. The Hall–Kier alpha value is -4.38. The second-order valence-electron chi connectivity index (χ2n) is 7.22. The summed E-state index contributed by atoms with van der Waals surface area (Å²) in [4.78, 5) is 36.5. The minimum absolute atomic E-state index is 0.156. The Morgan fingerprint density at radius 3 is 2.33 bits per heavy atom. The summed E-state index contributed by atoms with van der Waals surface area (Å²) < 4.78 is 10.3. The van der Waals surface area contributed by atoms with Gasteiger partial charge in [-0.15, -0.1) is 0 Å². The van der Waals surface area contributed by atoms with E-state index in [1.807, 2.05) is 30.3 Å². The van der Waals surface area contributed by atoms with E-state index in [1.165, 1.54) is 25.3 Å². The molecule has 0 saturated heterocycles. The Bertz CT molecular complexity index is 1220. The summed E-state index contributed by atoms with van der Waals surface area (Å²) in [5, 5.41) is 14.3. The third kappa shape index (κ3) is 5.28. The number of non-ortho nitro benzene ring substituents is 1. The van der Waals surface area contributed by atoms with Crippen LogP contribution in [0.15, 0.2) is 77.1 Å². The van der Waals surface area contributed by atoms with Gasteiger partial charge in [-0.2, -0.15) is 0 Å². The SMILES string of the molecule is COC(=O)C1=C(C)NC(C)=C(C(=O)OCC#Cc2ccccc2)C1c1cccc([N+](=O)[O-])c1. The average molecular weight is 446 g/mol. The summed E-state index contributed by atoms with van der Waals surface area (Å²) in [6.45, 7) is 3.18. The third-order valence-corrected chi connectivity index (χ3v) is 5.08. The normalized spacial score (nSPS) is 15.2. The van der Waals surface area contributed by atoms with Gasteiger partial charge in [0.2, 0.25) is 0 Å². The predicted molar refractivity (Wildman–Crippen MR) is 121 cm³/mol. The zero-order chi connectivity index (χ0) is 24.0. The maximum Gasteiger partial charge on any atom is 0.337 e. The molecule has 0 radical (unpaired) electrons. The van der Waals surface area contributed by atoms with Crippen LogP contribution in [0, 0.1) is 22.0 Å². The highest BCUT2D eigenvalue weighted by Gasteiger charge is 2.38. The number of ether oxygens (including phenoxy) is 2. The van der Waals surface area contributed by atoms with Crippen LogP contribution in [0.5, 0.6) is 0 Å². The fourth-order valence-corrected chi connectivity index (χ4v) is 3.64. The zero-order valence-electron chi connectivity index (χ0n) is 18.4. The average Bonchev–Trinajstić information content (AvgIpc) is 2.81. The van der Waals surface area contributed by atoms with Gasteiger partial charge in [-0.1, -0.05) is 42.2 Å². The molecule has 8 nitrogen and oxygen atoms in total. The second kappa shape index (κ2) is 10.3. The van der Waals surface area contributed by atoms with E-state index in [-0.39, 0.29) is 23.4 Å². The molecule has 0 fully saturated rings. The molecule has 33 heavy (non-hydrogen) atoms. The molecule has 3 rings (SSSR count). The number of benzene rings is 2. The van der Waals surface area contributed by atoms with E-state index in [0.29, 0.717) is 17.0 Å². The minimum atomic E-state index is -0.909. The summed E-state index contributed by atoms with van der Waals surface area (Å²) in [6, 6.07) is 15.0. The minimum Gasteiger partial charge on any atom is -0.466 e. The van der Waals surface area contributed by atoms with Crippen LogP contribution in [-0.2, 0) is 19.1 Å². The highest BCUT2D eigenvalue weighted by atomic mass is 16.6. The molecular formula is C25H22N2O6. The molecule has 0 bridgehead atoms. The smallest absolute Gasteiger partial charge is 0.337 e. The van der Waals surface area contributed by atoms with Crippen molar-refractivity contribution in [3.63, 3.8) is 0 Å². The number of carbonyl (C=O) groups excluding carboxylic acids is 2. The summed E-state index contributed by atoms with van der Waals surface area (Å²) in [5.41, 5.74) is 2.30. The van der Waals surface area contributed by atoms with E-state index in [9.17, 15) is 19.7 Å². The predicted octanol–water partition coefficient (Wildman–Crippen LogP) is 3.60. The largest absolute Gasteiger partial charge is 0.466 e. The highest BCUT2D eigenvalue weighted by molar-refractivity contribution is 6.00. The second-order valence-corrected chi connectivity index (χ2v) is 7.22. The van der Waals surface area contributed by atoms with Crippen molar-refractivity contribution >= 4 is 17.6 Å². The molecule has 1 aliphatic rings. The lowest BCUT2D eigenvalue weighted by Gasteiger charge is -2.30. The molecule has 1 N–H and O–H groups in total. The number of nitrogens with zero attached hydrogens (tertiary/aromatic N) is 1. The summed E-state index contributed by atoms with van der Waals surface area (Å²) in [5.74, 6) is 3.44. The molecule has 0 spiro atoms. The number of hydrogen-bond donors (Lipinski definition) is 1. The van der Waals surface area contributed by atoms with Crippen LogP contribution in [0.4, 0.5) is 5.69 Å². The van der Waals surface area contributed by atoms with Crippen molar-refractivity contribution < 1.29 is 24.0 Å². The van der Waals surface area contributed by atoms with Crippen molar-refractivity contribution in [2.24, 2.45) is 0 Å². The Balaban J connectivity index is 1.96. The van der Waals surface area contributed by atoms with Gasteiger partial charge in [0, 0.05) is 29.1 Å². The quantitative estimate of drug-likeness (QED) is 0.324. The molecule has 1 atom stereocenters. The molecule has 1 heterocycles. The van der Waals surface area contributed by atoms with Crippen LogP contribution >= 0.6 is 0 Å². The maximum atomic E-state index is 13.1. The summed E-state index contributed by atoms with van der Waals surface area (Å²) in [6.07, 6.45) is 0. The molecule has 2 aromatic carbocycles. The number of allylic oxidation sites excluding steroid dienone is 2. The Labute approximate surface area is 191 Å². The van der Waals surface area contributed by atoms with Crippen molar-refractivity contribution in [1.82, 2.24) is 5.32 Å². The van der Waals surface area contributed by atoms with E-state index < -0.39 is 22.8 Å². The monoisotopic (exact) mass is 446 g/mol. The Morgan fingerprint density at radius 1 is 1.03 bits per heavy atom. The number of carbonyl (C=O) groups is 2. The topological polar surface area (TPSA) is 108 Å². The van der Waals surface area contributed by atoms with E-state index in [4.69, 9.17) is 9.47 Å².